The number of ketones is 1. The van der Waals surface area contributed by atoms with E-state index in [1.165, 1.54) is 0 Å². The maximum atomic E-state index is 11.6. The normalized spacial score (nSPS) is 25.5. The van der Waals surface area contributed by atoms with Crippen molar-refractivity contribution in [2.45, 2.75) is 45.6 Å². The summed E-state index contributed by atoms with van der Waals surface area (Å²) in [6, 6.07) is 0.227. The van der Waals surface area contributed by atoms with Crippen molar-refractivity contribution in [2.75, 3.05) is 0 Å². The first kappa shape index (κ1) is 12.0. The lowest BCUT2D eigenvalue weighted by atomic mass is 9.92. The summed E-state index contributed by atoms with van der Waals surface area (Å²) in [7, 11) is 0. The predicted octanol–water partition coefficient (Wildman–Crippen LogP) is 1.25. The van der Waals surface area contributed by atoms with Gasteiger partial charge in [-0.2, -0.15) is 0 Å². The van der Waals surface area contributed by atoms with Crippen molar-refractivity contribution in [3.05, 3.63) is 0 Å². The van der Waals surface area contributed by atoms with Gasteiger partial charge in [0.05, 0.1) is 0 Å². The fraction of sp³-hybridized carbons (Fsp3) is 0.818. The van der Waals surface area contributed by atoms with E-state index in [2.05, 4.69) is 5.32 Å². The minimum Gasteiger partial charge on any atom is -0.370 e. The van der Waals surface area contributed by atoms with Crippen LogP contribution in [0.4, 0.5) is 0 Å². The third-order valence-electron chi connectivity index (χ3n) is 3.11. The van der Waals surface area contributed by atoms with Crippen LogP contribution in [0.15, 0.2) is 0 Å². The Bertz CT molecular complexity index is 250. The van der Waals surface area contributed by atoms with Gasteiger partial charge in [-0.25, -0.2) is 0 Å². The van der Waals surface area contributed by atoms with Crippen LogP contribution in [0, 0.1) is 17.2 Å². The molecule has 1 rings (SSSR count). The van der Waals surface area contributed by atoms with Gasteiger partial charge in [-0.15, -0.1) is 0 Å². The number of hydrogen-bond donors (Lipinski definition) is 3. The van der Waals surface area contributed by atoms with Crippen LogP contribution in [0.5, 0.6) is 0 Å². The summed E-state index contributed by atoms with van der Waals surface area (Å²) >= 11 is 0. The topological polar surface area (TPSA) is 79.0 Å². The molecule has 1 fully saturated rings. The number of carbonyl (C=O) groups excluding carboxylic acids is 1. The second-order valence-corrected chi connectivity index (χ2v) is 4.68. The molecule has 2 atom stereocenters. The van der Waals surface area contributed by atoms with Gasteiger partial charge in [0.25, 0.3) is 0 Å². The molecule has 1 aliphatic rings. The highest BCUT2D eigenvalue weighted by molar-refractivity contribution is 5.80. The van der Waals surface area contributed by atoms with Gasteiger partial charge in [-0.1, -0.05) is 20.3 Å². The van der Waals surface area contributed by atoms with Gasteiger partial charge < -0.3 is 11.1 Å². The summed E-state index contributed by atoms with van der Waals surface area (Å²) in [6.07, 6.45) is 3.85. The lowest BCUT2D eigenvalue weighted by Gasteiger charge is -2.21. The van der Waals surface area contributed by atoms with Gasteiger partial charge in [0.15, 0.2) is 5.96 Å². The third-order valence-corrected chi connectivity index (χ3v) is 3.11. The average molecular weight is 211 g/mol. The van der Waals surface area contributed by atoms with E-state index < -0.39 is 0 Å². The summed E-state index contributed by atoms with van der Waals surface area (Å²) in [5.41, 5.74) is 5.31. The Morgan fingerprint density at radius 1 is 1.53 bits per heavy atom. The Kier molecular flexibility index (Phi) is 4.12. The van der Waals surface area contributed by atoms with Crippen molar-refractivity contribution in [3.8, 4) is 0 Å². The van der Waals surface area contributed by atoms with Crippen molar-refractivity contribution >= 4 is 11.7 Å². The molecule has 0 spiro atoms. The molecule has 0 aromatic heterocycles. The molecule has 2 unspecified atom stereocenters. The molecule has 0 radical (unpaired) electrons. The first-order chi connectivity index (χ1) is 7.00. The first-order valence-electron chi connectivity index (χ1n) is 5.64. The summed E-state index contributed by atoms with van der Waals surface area (Å²) in [4.78, 5) is 11.6. The van der Waals surface area contributed by atoms with Crippen molar-refractivity contribution in [2.24, 2.45) is 17.6 Å². The molecule has 1 aliphatic carbocycles. The zero-order valence-corrected chi connectivity index (χ0v) is 9.55. The first-order valence-corrected chi connectivity index (χ1v) is 5.64. The Morgan fingerprint density at radius 2 is 2.20 bits per heavy atom. The molecule has 15 heavy (non-hydrogen) atoms. The fourth-order valence-electron chi connectivity index (χ4n) is 2.17. The van der Waals surface area contributed by atoms with Crippen LogP contribution >= 0.6 is 0 Å². The molecule has 0 amide bonds. The van der Waals surface area contributed by atoms with Crippen LogP contribution in [-0.2, 0) is 4.79 Å². The van der Waals surface area contributed by atoms with Gasteiger partial charge >= 0.3 is 0 Å². The number of guanidine groups is 1. The second-order valence-electron chi connectivity index (χ2n) is 4.68. The van der Waals surface area contributed by atoms with Gasteiger partial charge in [0.1, 0.15) is 5.78 Å². The smallest absolute Gasteiger partial charge is 0.185 e. The minimum absolute atomic E-state index is 0.0175. The molecule has 0 heterocycles. The summed E-state index contributed by atoms with van der Waals surface area (Å²) in [5.74, 6) is 0.813. The van der Waals surface area contributed by atoms with E-state index in [0.29, 0.717) is 18.1 Å². The number of carbonyl (C=O) groups is 1. The molecule has 0 aliphatic heterocycles. The molecule has 86 valence electrons. The van der Waals surface area contributed by atoms with Crippen molar-refractivity contribution in [3.63, 3.8) is 0 Å². The molecular weight excluding hydrogens is 190 g/mol. The lowest BCUT2D eigenvalue weighted by Crippen LogP contribution is -2.41. The van der Waals surface area contributed by atoms with Crippen LogP contribution in [0.25, 0.3) is 0 Å². The summed E-state index contributed by atoms with van der Waals surface area (Å²) in [5, 5.41) is 10.1. The van der Waals surface area contributed by atoms with Crippen LogP contribution in [0.1, 0.15) is 39.5 Å². The summed E-state index contributed by atoms with van der Waals surface area (Å²) in [6.45, 7) is 3.87. The number of nitrogens with one attached hydrogen (secondary N) is 2. The van der Waals surface area contributed by atoms with Crippen molar-refractivity contribution in [1.29, 1.82) is 5.41 Å². The number of hydrogen-bond acceptors (Lipinski definition) is 2. The lowest BCUT2D eigenvalue weighted by molar-refractivity contribution is -0.122. The molecule has 1 saturated carbocycles. The van der Waals surface area contributed by atoms with E-state index in [1.807, 2.05) is 13.8 Å². The third kappa shape index (κ3) is 3.53. The molecular formula is C11H21N3O. The Hall–Kier alpha value is -1.06. The van der Waals surface area contributed by atoms with Gasteiger partial charge in [-0.05, 0) is 18.8 Å². The number of Topliss-reactive ketones (excluding diaryl/α,β-unsaturated/α-hetero) is 1. The molecule has 0 saturated heterocycles. The number of rotatable bonds is 4. The van der Waals surface area contributed by atoms with Gasteiger partial charge in [0.2, 0.25) is 0 Å². The van der Waals surface area contributed by atoms with E-state index >= 15 is 0 Å². The molecule has 0 aromatic rings. The Morgan fingerprint density at radius 3 is 2.73 bits per heavy atom. The van der Waals surface area contributed by atoms with E-state index in [0.717, 1.165) is 19.3 Å². The molecule has 0 bridgehead atoms. The fourth-order valence-corrected chi connectivity index (χ4v) is 2.17. The Labute approximate surface area is 91.1 Å². The predicted molar refractivity (Wildman–Crippen MR) is 60.6 cm³/mol. The summed E-state index contributed by atoms with van der Waals surface area (Å²) < 4.78 is 0. The zero-order valence-electron chi connectivity index (χ0n) is 9.55. The molecule has 4 nitrogen and oxygen atoms in total. The molecule has 4 N–H and O–H groups in total. The maximum absolute atomic E-state index is 11.6. The number of nitrogens with two attached hydrogens (primary N) is 1. The van der Waals surface area contributed by atoms with Gasteiger partial charge in [0, 0.05) is 18.4 Å². The Balaban J connectivity index is 2.46. The van der Waals surface area contributed by atoms with Crippen LogP contribution in [-0.4, -0.2) is 17.8 Å². The minimum atomic E-state index is 0.0175. The van der Waals surface area contributed by atoms with Crippen LogP contribution in [0.3, 0.4) is 0 Å². The average Bonchev–Trinajstić information content (AvgIpc) is 2.51. The maximum Gasteiger partial charge on any atom is 0.185 e. The quantitative estimate of drug-likeness (QED) is 0.483. The van der Waals surface area contributed by atoms with Crippen LogP contribution in [0.2, 0.25) is 0 Å². The highest BCUT2D eigenvalue weighted by Crippen LogP contribution is 2.29. The SMILES string of the molecule is CC(C)C(=O)CC1CCCC1NC(=N)N. The van der Waals surface area contributed by atoms with E-state index in [1.54, 1.807) is 0 Å². The highest BCUT2D eigenvalue weighted by Gasteiger charge is 2.29. The largest absolute Gasteiger partial charge is 0.370 e. The van der Waals surface area contributed by atoms with Crippen LogP contribution < -0.4 is 11.1 Å². The zero-order chi connectivity index (χ0) is 11.4. The van der Waals surface area contributed by atoms with E-state index in [9.17, 15) is 4.79 Å². The van der Waals surface area contributed by atoms with Crippen molar-refractivity contribution in [1.82, 2.24) is 5.32 Å². The molecule has 0 aromatic carbocycles. The van der Waals surface area contributed by atoms with E-state index in [-0.39, 0.29) is 17.9 Å². The highest BCUT2D eigenvalue weighted by atomic mass is 16.1. The van der Waals surface area contributed by atoms with Gasteiger partial charge in [-0.3, -0.25) is 10.2 Å². The molecule has 4 heteroatoms. The van der Waals surface area contributed by atoms with Crippen molar-refractivity contribution < 1.29 is 4.79 Å². The van der Waals surface area contributed by atoms with E-state index in [4.69, 9.17) is 11.1 Å². The standard InChI is InChI=1S/C11H21N3O/c1-7(2)10(15)6-8-4-3-5-9(8)14-11(12)13/h7-9H,3-6H2,1-2H3,(H4,12,13,14). The second kappa shape index (κ2) is 5.14. The monoisotopic (exact) mass is 211 g/mol.